The van der Waals surface area contributed by atoms with Crippen molar-refractivity contribution >= 4 is 0 Å². The molecule has 0 bridgehead atoms. The third-order valence-corrected chi connectivity index (χ3v) is 5.37. The smallest absolute Gasteiger partial charge is 0.171 e. The first-order valence-electron chi connectivity index (χ1n) is 11.6. The van der Waals surface area contributed by atoms with Crippen molar-refractivity contribution in [3.05, 3.63) is 42.7 Å². The van der Waals surface area contributed by atoms with E-state index in [-0.39, 0.29) is 0 Å². The summed E-state index contributed by atoms with van der Waals surface area (Å²) >= 11 is 0. The number of allylic oxidation sites excluding steroid dienone is 1. The molecule has 1 aromatic rings. The highest BCUT2D eigenvalue weighted by Gasteiger charge is 2.03. The number of aliphatic hydroxyl groups is 1. The molecule has 0 spiro atoms. The summed E-state index contributed by atoms with van der Waals surface area (Å²) in [5.41, 5.74) is 1.49. The highest BCUT2D eigenvalue weighted by atomic mass is 16.2. The number of rotatable bonds is 19. The van der Waals surface area contributed by atoms with Crippen molar-refractivity contribution < 1.29 is 9.67 Å². The van der Waals surface area contributed by atoms with E-state index >= 15 is 0 Å². The van der Waals surface area contributed by atoms with Crippen LogP contribution in [0.25, 0.3) is 0 Å². The van der Waals surface area contributed by atoms with E-state index in [0.717, 1.165) is 19.4 Å². The molecule has 2 heteroatoms. The topological polar surface area (TPSA) is 24.1 Å². The molecule has 1 aromatic heterocycles. The van der Waals surface area contributed by atoms with Crippen molar-refractivity contribution in [2.75, 3.05) is 6.61 Å². The van der Waals surface area contributed by atoms with Crippen LogP contribution in [0.3, 0.4) is 0 Å². The largest absolute Gasteiger partial charge is 0.396 e. The molecule has 0 saturated carbocycles. The van der Waals surface area contributed by atoms with Crippen LogP contribution in [-0.2, 0) is 13.0 Å². The van der Waals surface area contributed by atoms with E-state index in [1.165, 1.54) is 95.5 Å². The Morgan fingerprint density at radius 1 is 0.778 bits per heavy atom. The standard InChI is InChI=1S/C25H44NO/c1-2-3-4-5-13-16-21-26-22-18-20-25(24-26)19-15-12-10-8-6-7-9-11-14-17-23-27/h2,18,20,22,24,27H,1,3-17,19,21,23H2/q+1. The minimum absolute atomic E-state index is 0.359. The van der Waals surface area contributed by atoms with Crippen molar-refractivity contribution in [1.29, 1.82) is 0 Å². The second-order valence-electron chi connectivity index (χ2n) is 7.95. The Kier molecular flexibility index (Phi) is 16.1. The lowest BCUT2D eigenvalue weighted by Gasteiger charge is -2.03. The zero-order valence-corrected chi connectivity index (χ0v) is 17.7. The van der Waals surface area contributed by atoms with Crippen molar-refractivity contribution in [2.45, 2.75) is 109 Å². The maximum absolute atomic E-state index is 8.76. The first kappa shape index (κ1) is 23.9. The Hall–Kier alpha value is -1.15. The van der Waals surface area contributed by atoms with Gasteiger partial charge in [-0.15, -0.1) is 6.58 Å². The van der Waals surface area contributed by atoms with Crippen LogP contribution in [0.1, 0.15) is 102 Å². The molecule has 0 aliphatic heterocycles. The maximum atomic E-state index is 8.76. The van der Waals surface area contributed by atoms with E-state index < -0.39 is 0 Å². The van der Waals surface area contributed by atoms with Gasteiger partial charge in [-0.3, -0.25) is 0 Å². The second-order valence-corrected chi connectivity index (χ2v) is 7.95. The number of aromatic nitrogens is 1. The lowest BCUT2D eigenvalue weighted by molar-refractivity contribution is -0.697. The summed E-state index contributed by atoms with van der Waals surface area (Å²) in [6.45, 7) is 5.30. The lowest BCUT2D eigenvalue weighted by atomic mass is 10.0. The molecule has 0 radical (unpaired) electrons. The van der Waals surface area contributed by atoms with E-state index in [1.807, 2.05) is 6.08 Å². The molecule has 0 aliphatic carbocycles. The van der Waals surface area contributed by atoms with Crippen molar-refractivity contribution in [3.63, 3.8) is 0 Å². The SMILES string of the molecule is C=CCCCCCC[n+]1cccc(CCCCCCCCCCCCO)c1. The predicted molar refractivity (Wildman–Crippen MR) is 117 cm³/mol. The average molecular weight is 375 g/mol. The zero-order chi connectivity index (χ0) is 19.4. The molecular formula is C25H44NO+. The van der Waals surface area contributed by atoms with Gasteiger partial charge in [0.05, 0.1) is 0 Å². The fourth-order valence-corrected chi connectivity index (χ4v) is 3.65. The van der Waals surface area contributed by atoms with Gasteiger partial charge < -0.3 is 5.11 Å². The summed E-state index contributed by atoms with van der Waals surface area (Å²) in [5.74, 6) is 0. The Bertz CT molecular complexity index is 457. The predicted octanol–water partition coefficient (Wildman–Crippen LogP) is 6.55. The van der Waals surface area contributed by atoms with E-state index in [2.05, 4.69) is 35.7 Å². The molecule has 27 heavy (non-hydrogen) atoms. The van der Waals surface area contributed by atoms with Gasteiger partial charge in [-0.2, -0.15) is 0 Å². The van der Waals surface area contributed by atoms with Gasteiger partial charge >= 0.3 is 0 Å². The van der Waals surface area contributed by atoms with Crippen molar-refractivity contribution in [1.82, 2.24) is 0 Å². The van der Waals surface area contributed by atoms with Gasteiger partial charge in [0.2, 0.25) is 0 Å². The Labute approximate surface area is 168 Å². The van der Waals surface area contributed by atoms with Gasteiger partial charge in [0, 0.05) is 24.7 Å². The van der Waals surface area contributed by atoms with Crippen LogP contribution in [0.2, 0.25) is 0 Å². The molecule has 1 N–H and O–H groups in total. The highest BCUT2D eigenvalue weighted by Crippen LogP contribution is 2.12. The fourth-order valence-electron chi connectivity index (χ4n) is 3.65. The molecule has 0 aliphatic rings. The molecule has 154 valence electrons. The number of hydrogen-bond donors (Lipinski definition) is 1. The minimum atomic E-state index is 0.359. The third-order valence-electron chi connectivity index (χ3n) is 5.37. The van der Waals surface area contributed by atoms with Gasteiger partial charge in [-0.05, 0) is 44.6 Å². The molecular weight excluding hydrogens is 330 g/mol. The van der Waals surface area contributed by atoms with Crippen LogP contribution in [0.4, 0.5) is 0 Å². The molecule has 0 unspecified atom stereocenters. The second kappa shape index (κ2) is 18.2. The molecule has 0 fully saturated rings. The number of aliphatic hydroxyl groups excluding tert-OH is 1. The summed E-state index contributed by atoms with van der Waals surface area (Å²) in [7, 11) is 0. The number of unbranched alkanes of at least 4 members (excludes halogenated alkanes) is 13. The summed E-state index contributed by atoms with van der Waals surface area (Å²) in [4.78, 5) is 0. The molecule has 1 heterocycles. The Morgan fingerprint density at radius 2 is 1.37 bits per heavy atom. The highest BCUT2D eigenvalue weighted by molar-refractivity contribution is 5.05. The summed E-state index contributed by atoms with van der Waals surface area (Å²) in [6, 6.07) is 4.50. The van der Waals surface area contributed by atoms with Crippen LogP contribution in [0.5, 0.6) is 0 Å². The molecule has 0 saturated heterocycles. The summed E-state index contributed by atoms with van der Waals surface area (Å²) < 4.78 is 2.37. The molecule has 0 atom stereocenters. The zero-order valence-electron chi connectivity index (χ0n) is 17.7. The van der Waals surface area contributed by atoms with Crippen LogP contribution < -0.4 is 4.57 Å². The molecule has 2 nitrogen and oxygen atoms in total. The first-order chi connectivity index (χ1) is 13.4. The van der Waals surface area contributed by atoms with Crippen LogP contribution in [-0.4, -0.2) is 11.7 Å². The van der Waals surface area contributed by atoms with E-state index in [0.29, 0.717) is 6.61 Å². The van der Waals surface area contributed by atoms with Crippen molar-refractivity contribution in [3.8, 4) is 0 Å². The molecule has 1 rings (SSSR count). The number of pyridine rings is 1. The van der Waals surface area contributed by atoms with E-state index in [9.17, 15) is 0 Å². The normalized spacial score (nSPS) is 11.0. The van der Waals surface area contributed by atoms with Gasteiger partial charge in [-0.25, -0.2) is 4.57 Å². The van der Waals surface area contributed by atoms with Crippen LogP contribution in [0.15, 0.2) is 37.2 Å². The van der Waals surface area contributed by atoms with E-state index in [4.69, 9.17) is 5.11 Å². The van der Waals surface area contributed by atoms with Crippen LogP contribution >= 0.6 is 0 Å². The lowest BCUT2D eigenvalue weighted by Crippen LogP contribution is -2.33. The van der Waals surface area contributed by atoms with Crippen molar-refractivity contribution in [2.24, 2.45) is 0 Å². The Morgan fingerprint density at radius 3 is 2.04 bits per heavy atom. The van der Waals surface area contributed by atoms with Gasteiger partial charge in [-0.1, -0.05) is 63.9 Å². The molecule has 0 amide bonds. The number of hydrogen-bond acceptors (Lipinski definition) is 1. The van der Waals surface area contributed by atoms with E-state index in [1.54, 1.807) is 0 Å². The quantitative estimate of drug-likeness (QED) is 0.166. The average Bonchev–Trinajstić information content (AvgIpc) is 2.69. The number of aryl methyl sites for hydroxylation is 2. The molecule has 0 aromatic carbocycles. The maximum Gasteiger partial charge on any atom is 0.171 e. The minimum Gasteiger partial charge on any atom is -0.396 e. The van der Waals surface area contributed by atoms with Gasteiger partial charge in [0.1, 0.15) is 6.54 Å². The van der Waals surface area contributed by atoms with Gasteiger partial charge in [0.15, 0.2) is 12.4 Å². The number of nitrogens with zero attached hydrogens (tertiary/aromatic N) is 1. The first-order valence-corrected chi connectivity index (χ1v) is 11.6. The van der Waals surface area contributed by atoms with Gasteiger partial charge in [0.25, 0.3) is 0 Å². The summed E-state index contributed by atoms with van der Waals surface area (Å²) in [5, 5.41) is 8.76. The van der Waals surface area contributed by atoms with Crippen LogP contribution in [0, 0.1) is 0 Å². The fraction of sp³-hybridized carbons (Fsp3) is 0.720. The third kappa shape index (κ3) is 14.6. The summed E-state index contributed by atoms with van der Waals surface area (Å²) in [6.07, 6.45) is 27.2. The Balaban J connectivity index is 1.99. The monoisotopic (exact) mass is 374 g/mol.